The molecule has 1 aliphatic heterocycles. The van der Waals surface area contributed by atoms with Crippen LogP contribution in [0.5, 0.6) is 0 Å². The number of hydrogen-bond acceptors (Lipinski definition) is 6. The second-order valence-electron chi connectivity index (χ2n) is 8.83. The van der Waals surface area contributed by atoms with Crippen LogP contribution >= 0.6 is 0 Å². The molecule has 0 bridgehead atoms. The predicted molar refractivity (Wildman–Crippen MR) is 121 cm³/mol. The minimum Gasteiger partial charge on any atom is -0.394 e. The number of aliphatic hydroxyl groups is 3. The number of rotatable bonds is 8. The van der Waals surface area contributed by atoms with E-state index in [-0.39, 0.29) is 24.1 Å². The Bertz CT molecular complexity index is 1280. The Morgan fingerprint density at radius 1 is 1.00 bits per heavy atom. The second-order valence-corrected chi connectivity index (χ2v) is 10.6. The van der Waals surface area contributed by atoms with Gasteiger partial charge in [-0.1, -0.05) is 12.1 Å². The number of nitrogens with one attached hydrogen (secondary N) is 1. The molecule has 2 aromatic rings. The summed E-state index contributed by atoms with van der Waals surface area (Å²) in [5.41, 5.74) is -7.45. The number of hydrogen-bond donors (Lipinski definition) is 4. The topological polar surface area (TPSA) is 127 Å². The average molecular weight is 588 g/mol. The quantitative estimate of drug-likeness (QED) is 0.351. The molecule has 8 nitrogen and oxygen atoms in total. The Balaban J connectivity index is 2.13. The Hall–Kier alpha value is -2.95. The first-order valence-corrected chi connectivity index (χ1v) is 12.7. The summed E-state index contributed by atoms with van der Waals surface area (Å²) in [5.74, 6) is -1.60. The Morgan fingerprint density at radius 3 is 2.08 bits per heavy atom. The van der Waals surface area contributed by atoms with Crippen LogP contribution in [0.4, 0.5) is 36.4 Å². The van der Waals surface area contributed by atoms with Crippen molar-refractivity contribution in [2.24, 2.45) is 0 Å². The van der Waals surface area contributed by atoms with Gasteiger partial charge < -0.3 is 20.6 Å². The van der Waals surface area contributed by atoms with E-state index >= 15 is 0 Å². The average Bonchev–Trinajstić information content (AvgIpc) is 2.85. The molecule has 1 aliphatic rings. The molecule has 4 N–H and O–H groups in total. The van der Waals surface area contributed by atoms with E-state index in [4.69, 9.17) is 0 Å². The number of amides is 1. The largest absolute Gasteiger partial charge is 0.430 e. The number of anilines is 1. The highest BCUT2D eigenvalue weighted by molar-refractivity contribution is 7.92. The first-order valence-electron chi connectivity index (χ1n) is 11.3. The third-order valence-corrected chi connectivity index (χ3v) is 8.11. The molecule has 216 valence electrons. The van der Waals surface area contributed by atoms with Crippen molar-refractivity contribution in [2.45, 2.75) is 54.2 Å². The molecule has 0 unspecified atom stereocenters. The molecule has 0 radical (unpaired) electrons. The molecule has 1 amide bonds. The van der Waals surface area contributed by atoms with Crippen molar-refractivity contribution < 1.29 is 59.3 Å². The molecular weight excluding hydrogens is 565 g/mol. The molecule has 0 aliphatic carbocycles. The van der Waals surface area contributed by atoms with Gasteiger partial charge in [-0.25, -0.2) is 12.8 Å². The number of alkyl halides is 6. The minimum atomic E-state index is -6.16. The molecule has 1 heterocycles. The highest BCUT2D eigenvalue weighted by Gasteiger charge is 2.71. The van der Waals surface area contributed by atoms with Crippen LogP contribution < -0.4 is 9.62 Å². The van der Waals surface area contributed by atoms with Crippen LogP contribution in [0.15, 0.2) is 47.4 Å². The van der Waals surface area contributed by atoms with Gasteiger partial charge in [-0.2, -0.15) is 26.3 Å². The summed E-state index contributed by atoms with van der Waals surface area (Å²) < 4.78 is 122. The molecule has 0 saturated carbocycles. The molecule has 0 fully saturated rings. The molecule has 3 rings (SSSR count). The van der Waals surface area contributed by atoms with Crippen molar-refractivity contribution in [2.75, 3.05) is 17.5 Å². The van der Waals surface area contributed by atoms with E-state index in [1.165, 1.54) is 0 Å². The summed E-state index contributed by atoms with van der Waals surface area (Å²) in [6.07, 6.45) is -13.4. The van der Waals surface area contributed by atoms with Crippen LogP contribution in [0.1, 0.15) is 24.0 Å². The maximum absolute atomic E-state index is 13.6. The fourth-order valence-corrected chi connectivity index (χ4v) is 5.95. The Morgan fingerprint density at radius 2 is 1.56 bits per heavy atom. The highest BCUT2D eigenvalue weighted by Crippen LogP contribution is 2.51. The summed E-state index contributed by atoms with van der Waals surface area (Å²) in [7, 11) is -4.65. The summed E-state index contributed by atoms with van der Waals surface area (Å²) in [4.78, 5) is 12.0. The fraction of sp³-hybridized carbons (Fsp3) is 0.435. The molecule has 0 aromatic heterocycles. The van der Waals surface area contributed by atoms with Crippen molar-refractivity contribution >= 4 is 21.6 Å². The van der Waals surface area contributed by atoms with Gasteiger partial charge in [0.2, 0.25) is 5.91 Å². The van der Waals surface area contributed by atoms with Gasteiger partial charge in [-0.3, -0.25) is 9.10 Å². The molecule has 39 heavy (non-hydrogen) atoms. The van der Waals surface area contributed by atoms with Crippen LogP contribution in [0.3, 0.4) is 0 Å². The first kappa shape index (κ1) is 30.6. The van der Waals surface area contributed by atoms with E-state index in [0.717, 1.165) is 24.3 Å². The van der Waals surface area contributed by atoms with Gasteiger partial charge >= 0.3 is 12.4 Å². The third-order valence-electron chi connectivity index (χ3n) is 6.23. The zero-order valence-corrected chi connectivity index (χ0v) is 20.6. The van der Waals surface area contributed by atoms with Gasteiger partial charge in [-0.15, -0.1) is 0 Å². The minimum absolute atomic E-state index is 0.246. The van der Waals surface area contributed by atoms with E-state index in [0.29, 0.717) is 22.5 Å². The normalized spacial score (nSPS) is 16.8. The second kappa shape index (κ2) is 10.9. The van der Waals surface area contributed by atoms with Crippen LogP contribution in [-0.2, 0) is 26.8 Å². The van der Waals surface area contributed by atoms with E-state index in [1.807, 2.05) is 0 Å². The van der Waals surface area contributed by atoms with Crippen molar-refractivity contribution in [1.82, 2.24) is 5.32 Å². The van der Waals surface area contributed by atoms with Crippen LogP contribution in [0, 0.1) is 5.82 Å². The van der Waals surface area contributed by atoms with Gasteiger partial charge in [-0.05, 0) is 48.7 Å². The Kier molecular flexibility index (Phi) is 8.55. The van der Waals surface area contributed by atoms with Crippen LogP contribution in [0.2, 0.25) is 0 Å². The Labute approximate surface area is 217 Å². The maximum atomic E-state index is 13.6. The zero-order valence-electron chi connectivity index (χ0n) is 19.8. The van der Waals surface area contributed by atoms with Gasteiger partial charge in [0.05, 0.1) is 35.9 Å². The van der Waals surface area contributed by atoms with Gasteiger partial charge in [0.25, 0.3) is 15.6 Å². The molecule has 2 aromatic carbocycles. The SMILES string of the molecule is O=C(C[C@@H]1CCc2cc(C(O)(C(F)(F)F)C(F)(F)F)ccc2N1S(=O)(=O)c1ccc(F)cc1)NC(CO)CO. The molecule has 0 spiro atoms. The number of sulfonamides is 1. The fourth-order valence-electron chi connectivity index (χ4n) is 4.23. The molecule has 0 saturated heterocycles. The maximum Gasteiger partial charge on any atom is 0.430 e. The smallest absolute Gasteiger partial charge is 0.394 e. The lowest BCUT2D eigenvalue weighted by atomic mass is 9.87. The highest BCUT2D eigenvalue weighted by atomic mass is 32.2. The lowest BCUT2D eigenvalue weighted by Crippen LogP contribution is -2.54. The molecule has 1 atom stereocenters. The zero-order chi connectivity index (χ0) is 29.4. The molecular formula is C23H23F7N2O6S. The summed E-state index contributed by atoms with van der Waals surface area (Å²) >= 11 is 0. The summed E-state index contributed by atoms with van der Waals surface area (Å²) in [6, 6.07) is 2.53. The van der Waals surface area contributed by atoms with Gasteiger partial charge in [0, 0.05) is 12.0 Å². The monoisotopic (exact) mass is 588 g/mol. The lowest BCUT2D eigenvalue weighted by Gasteiger charge is -2.39. The predicted octanol–water partition coefficient (Wildman–Crippen LogP) is 2.51. The summed E-state index contributed by atoms with van der Waals surface area (Å²) in [6.45, 7) is -1.28. The number of nitrogens with zero attached hydrogens (tertiary/aromatic N) is 1. The number of benzene rings is 2. The van der Waals surface area contributed by atoms with Crippen molar-refractivity contribution in [3.8, 4) is 0 Å². The van der Waals surface area contributed by atoms with Crippen molar-refractivity contribution in [3.05, 3.63) is 59.4 Å². The van der Waals surface area contributed by atoms with Crippen LogP contribution in [0.25, 0.3) is 0 Å². The van der Waals surface area contributed by atoms with Crippen LogP contribution in [-0.4, -0.2) is 67.3 Å². The summed E-state index contributed by atoms with van der Waals surface area (Å²) in [5, 5.41) is 30.4. The lowest BCUT2D eigenvalue weighted by molar-refractivity contribution is -0.376. The van der Waals surface area contributed by atoms with E-state index in [9.17, 15) is 59.3 Å². The number of carbonyl (C=O) groups excluding carboxylic acids is 1. The molecule has 16 heteroatoms. The number of fused-ring (bicyclic) bond motifs is 1. The van der Waals surface area contributed by atoms with Gasteiger partial charge in [0.1, 0.15) is 5.82 Å². The standard InChI is InChI=1S/C23H23F7N2O6S/c24-15-3-6-18(7-4-15)39(37,38)32-17(10-20(35)31-16(11-33)12-34)5-1-13-9-14(2-8-19(13)32)21(36,22(25,26)27)23(28,29)30/h2-4,6-9,16-17,33-34,36H,1,5,10-12H2,(H,31,35)/t17-/m0/s1. The van der Waals surface area contributed by atoms with E-state index in [2.05, 4.69) is 5.32 Å². The number of carbonyl (C=O) groups is 1. The van der Waals surface area contributed by atoms with Gasteiger partial charge in [0.15, 0.2) is 0 Å². The van der Waals surface area contributed by atoms with Crippen molar-refractivity contribution in [1.29, 1.82) is 0 Å². The number of aliphatic hydroxyl groups excluding tert-OH is 2. The number of aryl methyl sites for hydroxylation is 1. The number of halogens is 7. The van der Waals surface area contributed by atoms with E-state index in [1.54, 1.807) is 0 Å². The van der Waals surface area contributed by atoms with Crippen molar-refractivity contribution in [3.63, 3.8) is 0 Å². The van der Waals surface area contributed by atoms with E-state index < -0.39 is 81.9 Å². The third kappa shape index (κ3) is 5.83. The first-order chi connectivity index (χ1) is 18.0.